The maximum atomic E-state index is 12.3. The Bertz CT molecular complexity index is 1240. The van der Waals surface area contributed by atoms with Gasteiger partial charge in [0.25, 0.3) is 5.56 Å². The van der Waals surface area contributed by atoms with Gasteiger partial charge in [-0.1, -0.05) is 30.3 Å². The quantitative estimate of drug-likeness (QED) is 0.574. The zero-order valence-corrected chi connectivity index (χ0v) is 13.6. The fraction of sp³-hybridized carbons (Fsp3) is 0.111. The molecule has 0 aliphatic carbocycles. The van der Waals surface area contributed by atoms with Gasteiger partial charge >= 0.3 is 5.76 Å². The van der Waals surface area contributed by atoms with E-state index in [0.29, 0.717) is 27.6 Å². The van der Waals surface area contributed by atoms with E-state index >= 15 is 0 Å². The van der Waals surface area contributed by atoms with Crippen LogP contribution in [0.15, 0.2) is 62.5 Å². The number of rotatable bonds is 4. The van der Waals surface area contributed by atoms with Crippen LogP contribution in [0.1, 0.15) is 5.69 Å². The average Bonchev–Trinajstić information content (AvgIpc) is 2.97. The van der Waals surface area contributed by atoms with Crippen molar-refractivity contribution in [3.8, 4) is 0 Å². The van der Waals surface area contributed by atoms with Crippen molar-refractivity contribution in [3.63, 3.8) is 0 Å². The number of para-hydroxylation sites is 2. The third kappa shape index (κ3) is 2.77. The average molecular weight is 350 g/mol. The van der Waals surface area contributed by atoms with Gasteiger partial charge in [-0.15, -0.1) is 0 Å². The van der Waals surface area contributed by atoms with E-state index in [4.69, 9.17) is 4.42 Å². The van der Waals surface area contributed by atoms with Gasteiger partial charge < -0.3 is 9.73 Å². The largest absolute Gasteiger partial charge is 0.420 e. The Morgan fingerprint density at radius 3 is 2.65 bits per heavy atom. The Balaban J connectivity index is 1.55. The minimum absolute atomic E-state index is 0.126. The summed E-state index contributed by atoms with van der Waals surface area (Å²) in [7, 11) is 0. The van der Waals surface area contributed by atoms with Gasteiger partial charge in [0.2, 0.25) is 5.91 Å². The van der Waals surface area contributed by atoms with Gasteiger partial charge in [-0.25, -0.2) is 9.89 Å². The predicted molar refractivity (Wildman–Crippen MR) is 94.7 cm³/mol. The Hall–Kier alpha value is -3.68. The maximum absolute atomic E-state index is 12.3. The van der Waals surface area contributed by atoms with E-state index in [1.54, 1.807) is 48.5 Å². The van der Waals surface area contributed by atoms with Crippen LogP contribution >= 0.6 is 0 Å². The van der Waals surface area contributed by atoms with E-state index in [-0.39, 0.29) is 24.6 Å². The Morgan fingerprint density at radius 2 is 1.81 bits per heavy atom. The molecule has 130 valence electrons. The molecule has 26 heavy (non-hydrogen) atoms. The maximum Gasteiger partial charge on any atom is 0.420 e. The van der Waals surface area contributed by atoms with Crippen molar-refractivity contribution >= 4 is 27.8 Å². The number of benzene rings is 2. The highest BCUT2D eigenvalue weighted by atomic mass is 16.4. The van der Waals surface area contributed by atoms with Crippen LogP contribution < -0.4 is 16.6 Å². The highest BCUT2D eigenvalue weighted by molar-refractivity contribution is 5.84. The predicted octanol–water partition coefficient (Wildman–Crippen LogP) is 1.15. The first kappa shape index (κ1) is 15.8. The SMILES string of the molecule is O=C(Cn1c(=O)oc2ccccc21)NCc1n[nH]c(=O)c2ccccc12. The number of nitrogens with one attached hydrogen (secondary N) is 2. The first-order valence-electron chi connectivity index (χ1n) is 7.95. The van der Waals surface area contributed by atoms with E-state index in [2.05, 4.69) is 15.5 Å². The van der Waals surface area contributed by atoms with Crippen LogP contribution in [0.3, 0.4) is 0 Å². The summed E-state index contributed by atoms with van der Waals surface area (Å²) in [6, 6.07) is 13.9. The fourth-order valence-electron chi connectivity index (χ4n) is 2.85. The molecule has 0 fully saturated rings. The summed E-state index contributed by atoms with van der Waals surface area (Å²) in [4.78, 5) is 36.0. The van der Waals surface area contributed by atoms with Gasteiger partial charge in [0.05, 0.1) is 23.1 Å². The van der Waals surface area contributed by atoms with Crippen LogP contribution in [0.25, 0.3) is 21.9 Å². The zero-order valence-electron chi connectivity index (χ0n) is 13.6. The summed E-state index contributed by atoms with van der Waals surface area (Å²) in [6.07, 6.45) is 0. The van der Waals surface area contributed by atoms with Gasteiger partial charge in [0.1, 0.15) is 6.54 Å². The van der Waals surface area contributed by atoms with Gasteiger partial charge in [-0.05, 0) is 18.2 Å². The number of fused-ring (bicyclic) bond motifs is 2. The second-order valence-corrected chi connectivity index (χ2v) is 5.74. The minimum Gasteiger partial charge on any atom is -0.408 e. The number of nitrogens with zero attached hydrogens (tertiary/aromatic N) is 2. The summed E-state index contributed by atoms with van der Waals surface area (Å²) >= 11 is 0. The zero-order chi connectivity index (χ0) is 18.1. The van der Waals surface area contributed by atoms with Crippen molar-refractivity contribution in [2.24, 2.45) is 0 Å². The molecule has 0 aliphatic heterocycles. The molecular weight excluding hydrogens is 336 g/mol. The molecule has 0 spiro atoms. The Kier molecular flexibility index (Phi) is 3.85. The normalized spacial score (nSPS) is 11.1. The third-order valence-corrected chi connectivity index (χ3v) is 4.10. The van der Waals surface area contributed by atoms with E-state index in [9.17, 15) is 14.4 Å². The molecular formula is C18H14N4O4. The minimum atomic E-state index is -0.589. The van der Waals surface area contributed by atoms with Crippen molar-refractivity contribution in [3.05, 3.63) is 75.1 Å². The number of carbonyl (C=O) groups is 1. The topological polar surface area (TPSA) is 110 Å². The van der Waals surface area contributed by atoms with Gasteiger partial charge in [-0.3, -0.25) is 14.2 Å². The van der Waals surface area contributed by atoms with Crippen LogP contribution in [0.4, 0.5) is 0 Å². The van der Waals surface area contributed by atoms with Crippen molar-refractivity contribution < 1.29 is 9.21 Å². The lowest BCUT2D eigenvalue weighted by Crippen LogP contribution is -2.31. The number of H-pyrrole nitrogens is 1. The molecule has 0 aliphatic rings. The molecule has 0 saturated heterocycles. The fourth-order valence-corrected chi connectivity index (χ4v) is 2.85. The Morgan fingerprint density at radius 1 is 1.08 bits per heavy atom. The van der Waals surface area contributed by atoms with Crippen LogP contribution in [-0.2, 0) is 17.9 Å². The van der Waals surface area contributed by atoms with Crippen molar-refractivity contribution in [1.29, 1.82) is 0 Å². The first-order chi connectivity index (χ1) is 12.6. The molecule has 0 unspecified atom stereocenters. The van der Waals surface area contributed by atoms with Gasteiger partial charge in [-0.2, -0.15) is 5.10 Å². The molecule has 4 rings (SSSR count). The number of oxazole rings is 1. The van der Waals surface area contributed by atoms with E-state index in [0.717, 1.165) is 0 Å². The second-order valence-electron chi connectivity index (χ2n) is 5.74. The summed E-state index contributed by atoms with van der Waals surface area (Å²) in [6.45, 7) is -0.0439. The van der Waals surface area contributed by atoms with Crippen molar-refractivity contribution in [2.45, 2.75) is 13.1 Å². The molecule has 0 saturated carbocycles. The molecule has 2 aromatic carbocycles. The molecule has 1 amide bonds. The second kappa shape index (κ2) is 6.32. The summed E-state index contributed by atoms with van der Waals surface area (Å²) in [5.41, 5.74) is 1.24. The first-order valence-corrected chi connectivity index (χ1v) is 7.95. The van der Waals surface area contributed by atoms with E-state index in [1.807, 2.05) is 0 Å². The van der Waals surface area contributed by atoms with E-state index in [1.165, 1.54) is 4.57 Å². The van der Waals surface area contributed by atoms with Crippen LogP contribution in [-0.4, -0.2) is 20.7 Å². The summed E-state index contributed by atoms with van der Waals surface area (Å²) in [5, 5.41) is 10.3. The number of carbonyl (C=O) groups excluding carboxylic acids is 1. The highest BCUT2D eigenvalue weighted by Crippen LogP contribution is 2.13. The number of hydrogen-bond donors (Lipinski definition) is 2. The lowest BCUT2D eigenvalue weighted by molar-refractivity contribution is -0.121. The summed E-state index contributed by atoms with van der Waals surface area (Å²) < 4.78 is 6.38. The summed E-state index contributed by atoms with van der Waals surface area (Å²) in [5.74, 6) is -0.954. The molecule has 0 bridgehead atoms. The molecule has 4 aromatic rings. The number of aromatic amines is 1. The lowest BCUT2D eigenvalue weighted by Gasteiger charge is -2.07. The van der Waals surface area contributed by atoms with Crippen molar-refractivity contribution in [1.82, 2.24) is 20.1 Å². The standard InChI is InChI=1S/C18H14N4O4/c23-16(10-22-14-7-3-4-8-15(14)26-18(22)25)19-9-13-11-5-1-2-6-12(11)17(24)21-20-13/h1-8H,9-10H2,(H,19,23)(H,21,24). The van der Waals surface area contributed by atoms with Crippen LogP contribution in [0.2, 0.25) is 0 Å². The third-order valence-electron chi connectivity index (χ3n) is 4.10. The molecule has 2 aromatic heterocycles. The molecule has 2 N–H and O–H groups in total. The van der Waals surface area contributed by atoms with E-state index < -0.39 is 5.76 Å². The number of amides is 1. The Labute approximate surface area is 146 Å². The lowest BCUT2D eigenvalue weighted by atomic mass is 10.1. The van der Waals surface area contributed by atoms with Crippen LogP contribution in [0.5, 0.6) is 0 Å². The molecule has 0 radical (unpaired) electrons. The van der Waals surface area contributed by atoms with Gasteiger partial charge in [0, 0.05) is 5.39 Å². The highest BCUT2D eigenvalue weighted by Gasteiger charge is 2.13. The van der Waals surface area contributed by atoms with Gasteiger partial charge in [0.15, 0.2) is 5.58 Å². The molecule has 8 heteroatoms. The van der Waals surface area contributed by atoms with Crippen LogP contribution in [0, 0.1) is 0 Å². The molecule has 2 heterocycles. The molecule has 0 atom stereocenters. The number of hydrogen-bond acceptors (Lipinski definition) is 5. The number of aromatic nitrogens is 3. The van der Waals surface area contributed by atoms with Crippen molar-refractivity contribution in [2.75, 3.05) is 0 Å². The molecule has 8 nitrogen and oxygen atoms in total. The smallest absolute Gasteiger partial charge is 0.408 e. The monoisotopic (exact) mass is 350 g/mol.